The maximum absolute atomic E-state index is 10.6. The van der Waals surface area contributed by atoms with Gasteiger partial charge in [0.25, 0.3) is 0 Å². The molecule has 1 aliphatic rings. The van der Waals surface area contributed by atoms with E-state index in [0.717, 1.165) is 5.04 Å². The lowest BCUT2D eigenvalue weighted by atomic mass is 10.0. The van der Waals surface area contributed by atoms with E-state index in [-0.39, 0.29) is 4.75 Å². The number of aliphatic carboxylic acids is 1. The van der Waals surface area contributed by atoms with Crippen molar-refractivity contribution in [2.75, 3.05) is 0 Å². The quantitative estimate of drug-likeness (QED) is 0.651. The zero-order valence-corrected chi connectivity index (χ0v) is 7.60. The summed E-state index contributed by atoms with van der Waals surface area (Å²) >= 11 is 1.53. The zero-order chi connectivity index (χ0) is 8.65. The molecule has 0 bridgehead atoms. The van der Waals surface area contributed by atoms with Crippen LogP contribution in [0.4, 0.5) is 0 Å². The molecule has 0 aliphatic carbocycles. The van der Waals surface area contributed by atoms with Gasteiger partial charge in [0, 0.05) is 4.75 Å². The summed E-state index contributed by atoms with van der Waals surface area (Å²) in [5.41, 5.74) is 0. The Kier molecular flexibility index (Phi) is 1.96. The first-order valence-corrected chi connectivity index (χ1v) is 4.21. The van der Waals surface area contributed by atoms with Gasteiger partial charge in [-0.05, 0) is 20.8 Å². The Morgan fingerprint density at radius 2 is 2.27 bits per heavy atom. The molecule has 11 heavy (non-hydrogen) atoms. The van der Waals surface area contributed by atoms with Crippen LogP contribution in [-0.2, 0) is 4.79 Å². The Morgan fingerprint density at radius 3 is 2.45 bits per heavy atom. The fourth-order valence-corrected chi connectivity index (χ4v) is 2.34. The number of carboxylic acids is 1. The van der Waals surface area contributed by atoms with Crippen LogP contribution in [0.15, 0.2) is 4.99 Å². The number of hydrogen-bond acceptors (Lipinski definition) is 3. The summed E-state index contributed by atoms with van der Waals surface area (Å²) in [4.78, 5) is 14.7. The fraction of sp³-hybridized carbons (Fsp3) is 0.714. The van der Waals surface area contributed by atoms with Gasteiger partial charge in [0.15, 0.2) is 6.04 Å². The molecule has 0 fully saturated rings. The van der Waals surface area contributed by atoms with E-state index in [1.54, 1.807) is 0 Å². The van der Waals surface area contributed by atoms with E-state index in [2.05, 4.69) is 4.99 Å². The topological polar surface area (TPSA) is 49.7 Å². The minimum atomic E-state index is -0.834. The molecule has 0 amide bonds. The fourth-order valence-electron chi connectivity index (χ4n) is 1.15. The molecule has 1 N–H and O–H groups in total. The monoisotopic (exact) mass is 173 g/mol. The second-order valence-electron chi connectivity index (χ2n) is 3.09. The predicted octanol–water partition coefficient (Wildman–Crippen LogP) is 1.38. The number of carboxylic acid groups (broad SMARTS) is 1. The van der Waals surface area contributed by atoms with Crippen LogP contribution >= 0.6 is 11.8 Å². The largest absolute Gasteiger partial charge is 0.480 e. The highest BCUT2D eigenvalue weighted by Crippen LogP contribution is 2.37. The van der Waals surface area contributed by atoms with E-state index in [9.17, 15) is 4.79 Å². The van der Waals surface area contributed by atoms with Crippen molar-refractivity contribution in [2.24, 2.45) is 4.99 Å². The lowest BCUT2D eigenvalue weighted by Crippen LogP contribution is -2.34. The highest BCUT2D eigenvalue weighted by molar-refractivity contribution is 8.15. The summed E-state index contributed by atoms with van der Waals surface area (Å²) in [5, 5.41) is 9.61. The molecule has 0 aromatic rings. The molecule has 0 aromatic heterocycles. The first-order valence-electron chi connectivity index (χ1n) is 3.40. The number of nitrogens with zero attached hydrogens (tertiary/aromatic N) is 1. The van der Waals surface area contributed by atoms with Crippen molar-refractivity contribution in [2.45, 2.75) is 31.6 Å². The third kappa shape index (κ3) is 1.56. The van der Waals surface area contributed by atoms with E-state index in [0.29, 0.717) is 0 Å². The van der Waals surface area contributed by atoms with Gasteiger partial charge in [0.05, 0.1) is 5.04 Å². The van der Waals surface area contributed by atoms with Gasteiger partial charge in [-0.1, -0.05) is 0 Å². The van der Waals surface area contributed by atoms with Crippen LogP contribution in [0, 0.1) is 0 Å². The summed E-state index contributed by atoms with van der Waals surface area (Å²) in [6, 6.07) is -0.576. The number of hydrogen-bond donors (Lipinski definition) is 1. The van der Waals surface area contributed by atoms with Crippen molar-refractivity contribution in [3.63, 3.8) is 0 Å². The van der Waals surface area contributed by atoms with E-state index in [4.69, 9.17) is 5.11 Å². The average molecular weight is 173 g/mol. The number of aliphatic imine (C=N–C) groups is 1. The van der Waals surface area contributed by atoms with Crippen LogP contribution in [0.5, 0.6) is 0 Å². The van der Waals surface area contributed by atoms with Gasteiger partial charge >= 0.3 is 5.97 Å². The molecule has 0 saturated heterocycles. The van der Waals surface area contributed by atoms with Crippen molar-refractivity contribution in [1.82, 2.24) is 0 Å². The van der Waals surface area contributed by atoms with Crippen LogP contribution in [-0.4, -0.2) is 26.9 Å². The molecular weight excluding hydrogens is 162 g/mol. The molecule has 0 aromatic carbocycles. The van der Waals surface area contributed by atoms with E-state index in [1.165, 1.54) is 11.8 Å². The molecule has 3 nitrogen and oxygen atoms in total. The molecule has 0 radical (unpaired) electrons. The van der Waals surface area contributed by atoms with Gasteiger partial charge in [-0.3, -0.25) is 4.99 Å². The van der Waals surface area contributed by atoms with Crippen LogP contribution in [0.25, 0.3) is 0 Å². The summed E-state index contributed by atoms with van der Waals surface area (Å²) in [6.45, 7) is 5.64. The predicted molar refractivity (Wildman–Crippen MR) is 46.2 cm³/mol. The first kappa shape index (κ1) is 8.59. The molecule has 1 aliphatic heterocycles. The highest BCUT2D eigenvalue weighted by Gasteiger charge is 2.40. The second-order valence-corrected chi connectivity index (χ2v) is 4.94. The van der Waals surface area contributed by atoms with Crippen molar-refractivity contribution in [3.8, 4) is 0 Å². The first-order chi connectivity index (χ1) is 4.93. The Morgan fingerprint density at radius 1 is 1.73 bits per heavy atom. The third-order valence-corrected chi connectivity index (χ3v) is 2.76. The Hall–Kier alpha value is -0.510. The van der Waals surface area contributed by atoms with Crippen LogP contribution in [0.2, 0.25) is 0 Å². The van der Waals surface area contributed by atoms with Gasteiger partial charge in [0.1, 0.15) is 0 Å². The van der Waals surface area contributed by atoms with Gasteiger partial charge in [-0.2, -0.15) is 0 Å². The van der Waals surface area contributed by atoms with Crippen molar-refractivity contribution < 1.29 is 9.90 Å². The standard InChI is InChI=1S/C7H11NO2S/c1-4-8-5(6(9)10)7(2,3)11-4/h5H,1-3H3,(H,9,10)/t5-/m0/s1. The summed E-state index contributed by atoms with van der Waals surface area (Å²) in [6.07, 6.45) is 0. The van der Waals surface area contributed by atoms with E-state index in [1.807, 2.05) is 20.8 Å². The van der Waals surface area contributed by atoms with Gasteiger partial charge in [-0.25, -0.2) is 4.79 Å². The maximum atomic E-state index is 10.6. The summed E-state index contributed by atoms with van der Waals surface area (Å²) < 4.78 is -0.282. The molecular formula is C7H11NO2S. The molecule has 1 atom stereocenters. The van der Waals surface area contributed by atoms with Crippen molar-refractivity contribution in [3.05, 3.63) is 0 Å². The lowest BCUT2D eigenvalue weighted by molar-refractivity contribution is -0.138. The smallest absolute Gasteiger partial charge is 0.329 e. The molecule has 4 heteroatoms. The summed E-state index contributed by atoms with van der Waals surface area (Å²) in [7, 11) is 0. The van der Waals surface area contributed by atoms with Crippen LogP contribution in [0.1, 0.15) is 20.8 Å². The molecule has 1 heterocycles. The van der Waals surface area contributed by atoms with Gasteiger partial charge in [-0.15, -0.1) is 11.8 Å². The Balaban J connectivity index is 2.86. The molecule has 0 spiro atoms. The normalized spacial score (nSPS) is 28.3. The highest BCUT2D eigenvalue weighted by atomic mass is 32.2. The minimum absolute atomic E-state index is 0.282. The van der Waals surface area contributed by atoms with Crippen LogP contribution < -0.4 is 0 Å². The molecule has 0 unspecified atom stereocenters. The van der Waals surface area contributed by atoms with Crippen molar-refractivity contribution >= 4 is 22.8 Å². The molecule has 0 saturated carbocycles. The van der Waals surface area contributed by atoms with E-state index < -0.39 is 12.0 Å². The SMILES string of the molecule is CC1=N[C@@H](C(=O)O)C(C)(C)S1. The summed E-state index contributed by atoms with van der Waals surface area (Å²) in [5.74, 6) is -0.834. The average Bonchev–Trinajstić information content (AvgIpc) is 2.04. The minimum Gasteiger partial charge on any atom is -0.480 e. The Labute approximate surface area is 69.9 Å². The van der Waals surface area contributed by atoms with Crippen LogP contribution in [0.3, 0.4) is 0 Å². The number of thioether (sulfide) groups is 1. The number of rotatable bonds is 1. The van der Waals surface area contributed by atoms with Gasteiger partial charge in [0.2, 0.25) is 0 Å². The van der Waals surface area contributed by atoms with Gasteiger partial charge < -0.3 is 5.11 Å². The van der Waals surface area contributed by atoms with E-state index >= 15 is 0 Å². The molecule has 62 valence electrons. The molecule has 1 rings (SSSR count). The maximum Gasteiger partial charge on any atom is 0.329 e. The third-order valence-electron chi connectivity index (χ3n) is 1.61. The second kappa shape index (κ2) is 2.52. The Bertz CT molecular complexity index is 222. The zero-order valence-electron chi connectivity index (χ0n) is 6.79. The van der Waals surface area contributed by atoms with Crippen molar-refractivity contribution in [1.29, 1.82) is 0 Å². The number of carbonyl (C=O) groups is 1. The lowest BCUT2D eigenvalue weighted by Gasteiger charge is -2.19.